The van der Waals surface area contributed by atoms with Gasteiger partial charge in [0.05, 0.1) is 0 Å². The van der Waals surface area contributed by atoms with E-state index < -0.39 is 0 Å². The SMILES string of the molecule is IN1CCCN(C2CCOCC2)CC1. The maximum absolute atomic E-state index is 5.40. The van der Waals surface area contributed by atoms with Crippen LogP contribution in [-0.4, -0.2) is 53.4 Å². The van der Waals surface area contributed by atoms with Gasteiger partial charge in [0.15, 0.2) is 0 Å². The molecule has 0 bridgehead atoms. The second-order valence-corrected chi connectivity index (χ2v) is 5.51. The number of hydrogen-bond donors (Lipinski definition) is 0. The largest absolute Gasteiger partial charge is 0.381 e. The number of halogens is 1. The van der Waals surface area contributed by atoms with E-state index in [4.69, 9.17) is 4.74 Å². The zero-order valence-electron chi connectivity index (χ0n) is 8.62. The molecule has 4 heteroatoms. The van der Waals surface area contributed by atoms with Gasteiger partial charge in [-0.2, -0.15) is 0 Å². The maximum Gasteiger partial charge on any atom is 0.0480 e. The zero-order chi connectivity index (χ0) is 9.80. The zero-order valence-corrected chi connectivity index (χ0v) is 10.8. The smallest absolute Gasteiger partial charge is 0.0480 e. The van der Waals surface area contributed by atoms with Gasteiger partial charge in [-0.1, -0.05) is 0 Å². The van der Waals surface area contributed by atoms with E-state index >= 15 is 0 Å². The first kappa shape index (κ1) is 11.1. The van der Waals surface area contributed by atoms with E-state index in [2.05, 4.69) is 30.9 Å². The first-order valence-corrected chi connectivity index (χ1v) is 6.55. The molecule has 3 nitrogen and oxygen atoms in total. The van der Waals surface area contributed by atoms with Crippen molar-refractivity contribution in [2.45, 2.75) is 25.3 Å². The fourth-order valence-corrected chi connectivity index (χ4v) is 2.88. The molecule has 0 saturated carbocycles. The molecule has 0 atom stereocenters. The van der Waals surface area contributed by atoms with Crippen LogP contribution in [0, 0.1) is 0 Å². The number of ether oxygens (including phenoxy) is 1. The van der Waals surface area contributed by atoms with E-state index in [1.807, 2.05) is 0 Å². The van der Waals surface area contributed by atoms with E-state index in [-0.39, 0.29) is 0 Å². The number of hydrogen-bond acceptors (Lipinski definition) is 3. The van der Waals surface area contributed by atoms with Crippen LogP contribution in [0.1, 0.15) is 19.3 Å². The first-order chi connectivity index (χ1) is 6.86. The molecule has 0 radical (unpaired) electrons. The summed E-state index contributed by atoms with van der Waals surface area (Å²) in [5, 5.41) is 0. The average molecular weight is 310 g/mol. The van der Waals surface area contributed by atoms with Gasteiger partial charge in [0.2, 0.25) is 0 Å². The Morgan fingerprint density at radius 3 is 2.57 bits per heavy atom. The van der Waals surface area contributed by atoms with E-state index in [0.717, 1.165) is 19.3 Å². The van der Waals surface area contributed by atoms with Crippen molar-refractivity contribution >= 4 is 22.9 Å². The third-order valence-electron chi connectivity index (χ3n) is 3.18. The monoisotopic (exact) mass is 310 g/mol. The highest BCUT2D eigenvalue weighted by molar-refractivity contribution is 14.1. The van der Waals surface area contributed by atoms with Gasteiger partial charge in [-0.05, 0) is 25.8 Å². The van der Waals surface area contributed by atoms with Crippen molar-refractivity contribution in [2.24, 2.45) is 0 Å². The Morgan fingerprint density at radius 2 is 1.79 bits per heavy atom. The van der Waals surface area contributed by atoms with Crippen molar-refractivity contribution in [3.05, 3.63) is 0 Å². The Morgan fingerprint density at radius 1 is 1.00 bits per heavy atom. The summed E-state index contributed by atoms with van der Waals surface area (Å²) in [6.07, 6.45) is 3.79. The van der Waals surface area contributed by atoms with E-state index in [1.54, 1.807) is 0 Å². The van der Waals surface area contributed by atoms with Gasteiger partial charge in [0, 0.05) is 61.8 Å². The minimum absolute atomic E-state index is 0.798. The van der Waals surface area contributed by atoms with Crippen LogP contribution in [-0.2, 0) is 4.74 Å². The molecule has 0 aliphatic carbocycles. The molecule has 2 aliphatic heterocycles. The van der Waals surface area contributed by atoms with E-state index in [1.165, 1.54) is 45.4 Å². The number of nitrogens with zero attached hydrogens (tertiary/aromatic N) is 2. The Hall–Kier alpha value is 0.610. The van der Waals surface area contributed by atoms with Crippen LogP contribution in [0.25, 0.3) is 0 Å². The summed E-state index contributed by atoms with van der Waals surface area (Å²) in [5.74, 6) is 0. The molecule has 2 aliphatic rings. The predicted octanol–water partition coefficient (Wildman–Crippen LogP) is 1.52. The minimum Gasteiger partial charge on any atom is -0.381 e. The Kier molecular flexibility index (Phi) is 4.46. The van der Waals surface area contributed by atoms with Crippen molar-refractivity contribution in [2.75, 3.05) is 39.4 Å². The normalized spacial score (nSPS) is 28.9. The lowest BCUT2D eigenvalue weighted by atomic mass is 10.1. The van der Waals surface area contributed by atoms with E-state index in [0.29, 0.717) is 0 Å². The molecule has 14 heavy (non-hydrogen) atoms. The third kappa shape index (κ3) is 3.05. The average Bonchev–Trinajstić information content (AvgIpc) is 2.44. The third-order valence-corrected chi connectivity index (χ3v) is 4.15. The van der Waals surface area contributed by atoms with Crippen LogP contribution in [0.2, 0.25) is 0 Å². The molecule has 2 saturated heterocycles. The van der Waals surface area contributed by atoms with Crippen molar-refractivity contribution in [1.29, 1.82) is 0 Å². The van der Waals surface area contributed by atoms with Crippen molar-refractivity contribution < 1.29 is 4.74 Å². The van der Waals surface area contributed by atoms with Crippen LogP contribution >= 0.6 is 22.9 Å². The van der Waals surface area contributed by atoms with Crippen LogP contribution < -0.4 is 0 Å². The Bertz CT molecular complexity index is 174. The van der Waals surface area contributed by atoms with Crippen LogP contribution in [0.5, 0.6) is 0 Å². The first-order valence-electron chi connectivity index (χ1n) is 5.59. The van der Waals surface area contributed by atoms with Gasteiger partial charge in [-0.25, -0.2) is 3.11 Å². The lowest BCUT2D eigenvalue weighted by Gasteiger charge is -2.33. The summed E-state index contributed by atoms with van der Waals surface area (Å²) in [4.78, 5) is 2.67. The van der Waals surface area contributed by atoms with Crippen LogP contribution in [0.4, 0.5) is 0 Å². The second kappa shape index (κ2) is 5.63. The summed E-state index contributed by atoms with van der Waals surface area (Å²) < 4.78 is 7.82. The highest BCUT2D eigenvalue weighted by Crippen LogP contribution is 2.17. The molecule has 0 aromatic heterocycles. The van der Waals surface area contributed by atoms with Gasteiger partial charge in [-0.3, -0.25) is 4.90 Å². The van der Waals surface area contributed by atoms with Gasteiger partial charge >= 0.3 is 0 Å². The van der Waals surface area contributed by atoms with Gasteiger partial charge in [0.25, 0.3) is 0 Å². The molecular formula is C10H19IN2O. The molecule has 0 amide bonds. The highest BCUT2D eigenvalue weighted by Gasteiger charge is 2.23. The maximum atomic E-state index is 5.40. The molecule has 0 aromatic carbocycles. The van der Waals surface area contributed by atoms with Gasteiger partial charge in [-0.15, -0.1) is 0 Å². The lowest BCUT2D eigenvalue weighted by Crippen LogP contribution is -2.41. The summed E-state index contributed by atoms with van der Waals surface area (Å²) in [6, 6.07) is 0.798. The lowest BCUT2D eigenvalue weighted by molar-refractivity contribution is 0.0361. The molecule has 0 aromatic rings. The summed E-state index contributed by atoms with van der Waals surface area (Å²) >= 11 is 2.44. The molecule has 2 fully saturated rings. The fraction of sp³-hybridized carbons (Fsp3) is 1.00. The van der Waals surface area contributed by atoms with Crippen molar-refractivity contribution in [1.82, 2.24) is 8.01 Å². The van der Waals surface area contributed by atoms with Crippen LogP contribution in [0.15, 0.2) is 0 Å². The van der Waals surface area contributed by atoms with Crippen LogP contribution in [0.3, 0.4) is 0 Å². The van der Waals surface area contributed by atoms with E-state index in [9.17, 15) is 0 Å². The second-order valence-electron chi connectivity index (χ2n) is 4.14. The molecule has 0 unspecified atom stereocenters. The Balaban J connectivity index is 1.83. The van der Waals surface area contributed by atoms with Crippen molar-refractivity contribution in [3.8, 4) is 0 Å². The standard InChI is InChI=1S/C10H19IN2O/c11-13-5-1-4-12(6-7-13)10-2-8-14-9-3-10/h10H,1-9H2. The summed E-state index contributed by atoms with van der Waals surface area (Å²) in [5.41, 5.74) is 0. The summed E-state index contributed by atoms with van der Waals surface area (Å²) in [7, 11) is 0. The Labute approximate surface area is 100 Å². The quantitative estimate of drug-likeness (QED) is 0.539. The molecule has 82 valence electrons. The van der Waals surface area contributed by atoms with Gasteiger partial charge < -0.3 is 4.74 Å². The molecular weight excluding hydrogens is 291 g/mol. The summed E-state index contributed by atoms with van der Waals surface area (Å²) in [6.45, 7) is 6.93. The highest BCUT2D eigenvalue weighted by atomic mass is 127. The molecule has 2 rings (SSSR count). The topological polar surface area (TPSA) is 15.7 Å². The fourth-order valence-electron chi connectivity index (χ4n) is 2.32. The molecule has 0 N–H and O–H groups in total. The number of rotatable bonds is 1. The van der Waals surface area contributed by atoms with Gasteiger partial charge in [0.1, 0.15) is 0 Å². The molecule has 0 spiro atoms. The predicted molar refractivity (Wildman–Crippen MR) is 65.6 cm³/mol. The minimum atomic E-state index is 0.798. The van der Waals surface area contributed by atoms with Crippen molar-refractivity contribution in [3.63, 3.8) is 0 Å². The molecule has 2 heterocycles.